The number of benzene rings is 1. The Bertz CT molecular complexity index is 605. The molecule has 0 bridgehead atoms. The first-order valence-electron chi connectivity index (χ1n) is 6.14. The van der Waals surface area contributed by atoms with E-state index in [1.54, 1.807) is 24.3 Å². The Morgan fingerprint density at radius 3 is 2.75 bits per heavy atom. The molecule has 1 aromatic carbocycles. The molecule has 0 aliphatic carbocycles. The van der Waals surface area contributed by atoms with E-state index in [1.807, 2.05) is 6.07 Å². The van der Waals surface area contributed by atoms with Crippen LogP contribution in [0, 0.1) is 0 Å². The lowest BCUT2D eigenvalue weighted by Crippen LogP contribution is -2.33. The van der Waals surface area contributed by atoms with Crippen molar-refractivity contribution >= 4 is 23.0 Å². The van der Waals surface area contributed by atoms with Crippen LogP contribution in [0.4, 0.5) is 14.6 Å². The number of hydrogen-bond acceptors (Lipinski definition) is 4. The minimum atomic E-state index is -2.57. The fourth-order valence-corrected chi connectivity index (χ4v) is 2.03. The summed E-state index contributed by atoms with van der Waals surface area (Å²) in [5.41, 5.74) is 0.850. The van der Waals surface area contributed by atoms with E-state index in [1.165, 1.54) is 4.90 Å². The summed E-state index contributed by atoms with van der Waals surface area (Å²) in [6.07, 6.45) is -1.99. The topological polar surface area (TPSA) is 53.4 Å². The van der Waals surface area contributed by atoms with Crippen LogP contribution < -0.4 is 4.90 Å². The van der Waals surface area contributed by atoms with Gasteiger partial charge < -0.3 is 10.0 Å². The Labute approximate surface area is 114 Å². The number of nitrogens with zero attached hydrogens (tertiary/aromatic N) is 2. The molecule has 6 heteroatoms. The van der Waals surface area contributed by atoms with Crippen molar-refractivity contribution in [3.63, 3.8) is 0 Å². The van der Waals surface area contributed by atoms with Crippen LogP contribution in [0.3, 0.4) is 0 Å². The van der Waals surface area contributed by atoms with Gasteiger partial charge in [-0.3, -0.25) is 4.79 Å². The van der Waals surface area contributed by atoms with Crippen molar-refractivity contribution in [3.8, 4) is 0 Å². The molecule has 0 fully saturated rings. The third-order valence-electron chi connectivity index (χ3n) is 2.89. The standard InChI is InChI=1S/C14H14F2N2O2/c15-13(16)8-18(5-6-19)14-11(9-20)7-10-3-1-2-4-12(10)17-14/h1-4,7,9,13,19H,5-6,8H2. The van der Waals surface area contributed by atoms with Gasteiger partial charge in [-0.2, -0.15) is 0 Å². The first-order chi connectivity index (χ1) is 9.65. The van der Waals surface area contributed by atoms with Crippen LogP contribution in [-0.4, -0.2) is 42.5 Å². The number of anilines is 1. The van der Waals surface area contributed by atoms with Crippen molar-refractivity contribution in [1.29, 1.82) is 0 Å². The maximum atomic E-state index is 12.6. The third-order valence-corrected chi connectivity index (χ3v) is 2.89. The molecule has 1 heterocycles. The second kappa shape index (κ2) is 6.38. The molecule has 0 radical (unpaired) electrons. The first-order valence-corrected chi connectivity index (χ1v) is 6.14. The van der Waals surface area contributed by atoms with E-state index in [9.17, 15) is 13.6 Å². The fourth-order valence-electron chi connectivity index (χ4n) is 2.03. The second-order valence-corrected chi connectivity index (χ2v) is 4.27. The number of carbonyl (C=O) groups excluding carboxylic acids is 1. The van der Waals surface area contributed by atoms with E-state index in [0.29, 0.717) is 11.8 Å². The summed E-state index contributed by atoms with van der Waals surface area (Å²) in [7, 11) is 0. The van der Waals surface area contributed by atoms with Crippen LogP contribution in [0.2, 0.25) is 0 Å². The summed E-state index contributed by atoms with van der Waals surface area (Å²) in [6.45, 7) is -0.872. The summed E-state index contributed by atoms with van der Waals surface area (Å²) in [5.74, 6) is 0.174. The number of pyridine rings is 1. The summed E-state index contributed by atoms with van der Waals surface area (Å²) in [4.78, 5) is 16.6. The number of aliphatic hydroxyl groups is 1. The lowest BCUT2D eigenvalue weighted by Gasteiger charge is -2.24. The summed E-state index contributed by atoms with van der Waals surface area (Å²) in [6, 6.07) is 8.74. The number of halogens is 2. The van der Waals surface area contributed by atoms with Crippen molar-refractivity contribution in [2.45, 2.75) is 6.43 Å². The van der Waals surface area contributed by atoms with Gasteiger partial charge in [0, 0.05) is 11.9 Å². The highest BCUT2D eigenvalue weighted by molar-refractivity contribution is 5.91. The molecular weight excluding hydrogens is 266 g/mol. The number of fused-ring (bicyclic) bond motifs is 1. The van der Waals surface area contributed by atoms with E-state index in [2.05, 4.69) is 4.98 Å². The molecule has 0 atom stereocenters. The van der Waals surface area contributed by atoms with Crippen molar-refractivity contribution in [1.82, 2.24) is 4.98 Å². The summed E-state index contributed by atoms with van der Waals surface area (Å²) in [5, 5.41) is 9.75. The average molecular weight is 280 g/mol. The van der Waals surface area contributed by atoms with E-state index >= 15 is 0 Å². The molecule has 0 aliphatic heterocycles. The van der Waals surface area contributed by atoms with Gasteiger partial charge in [0.1, 0.15) is 5.82 Å². The number of rotatable bonds is 6. The molecule has 20 heavy (non-hydrogen) atoms. The van der Waals surface area contributed by atoms with Gasteiger partial charge in [0.15, 0.2) is 6.29 Å². The van der Waals surface area contributed by atoms with Crippen LogP contribution in [0.1, 0.15) is 10.4 Å². The number of alkyl halides is 2. The van der Waals surface area contributed by atoms with Gasteiger partial charge >= 0.3 is 0 Å². The zero-order valence-corrected chi connectivity index (χ0v) is 10.7. The van der Waals surface area contributed by atoms with E-state index in [4.69, 9.17) is 5.11 Å². The summed E-state index contributed by atoms with van der Waals surface area (Å²) >= 11 is 0. The van der Waals surface area contributed by atoms with Gasteiger partial charge in [-0.15, -0.1) is 0 Å². The molecule has 2 aromatic rings. The van der Waals surface area contributed by atoms with Gasteiger partial charge in [0.25, 0.3) is 6.43 Å². The lowest BCUT2D eigenvalue weighted by atomic mass is 10.1. The molecule has 0 saturated heterocycles. The molecule has 2 rings (SSSR count). The molecule has 1 aromatic heterocycles. The zero-order valence-electron chi connectivity index (χ0n) is 10.7. The van der Waals surface area contributed by atoms with Crippen molar-refractivity contribution < 1.29 is 18.7 Å². The zero-order chi connectivity index (χ0) is 14.5. The van der Waals surface area contributed by atoms with Gasteiger partial charge in [0.05, 0.1) is 24.2 Å². The molecule has 0 saturated carbocycles. The third kappa shape index (κ3) is 3.08. The SMILES string of the molecule is O=Cc1cc2ccccc2nc1N(CCO)CC(F)F. The number of carbonyl (C=O) groups is 1. The number of aldehydes is 1. The van der Waals surface area contributed by atoms with Crippen LogP contribution in [0.25, 0.3) is 10.9 Å². The Hall–Kier alpha value is -2.08. The largest absolute Gasteiger partial charge is 0.395 e. The molecular formula is C14H14F2N2O2. The maximum Gasteiger partial charge on any atom is 0.255 e. The average Bonchev–Trinajstić information content (AvgIpc) is 2.45. The summed E-state index contributed by atoms with van der Waals surface area (Å²) < 4.78 is 25.2. The van der Waals surface area contributed by atoms with E-state index < -0.39 is 13.0 Å². The lowest BCUT2D eigenvalue weighted by molar-refractivity contribution is 0.112. The molecule has 1 N–H and O–H groups in total. The predicted molar refractivity (Wildman–Crippen MR) is 72.4 cm³/mol. The molecule has 0 spiro atoms. The normalized spacial score (nSPS) is 11.0. The number of para-hydroxylation sites is 1. The van der Waals surface area contributed by atoms with Crippen LogP contribution in [0.15, 0.2) is 30.3 Å². The smallest absolute Gasteiger partial charge is 0.255 e. The Balaban J connectivity index is 2.50. The molecule has 106 valence electrons. The highest BCUT2D eigenvalue weighted by Crippen LogP contribution is 2.23. The Morgan fingerprint density at radius 1 is 1.35 bits per heavy atom. The minimum absolute atomic E-state index is 0.00345. The Morgan fingerprint density at radius 2 is 2.10 bits per heavy atom. The van der Waals surface area contributed by atoms with Gasteiger partial charge in [0.2, 0.25) is 0 Å². The molecule has 4 nitrogen and oxygen atoms in total. The highest BCUT2D eigenvalue weighted by Gasteiger charge is 2.17. The van der Waals surface area contributed by atoms with Gasteiger partial charge in [-0.25, -0.2) is 13.8 Å². The van der Waals surface area contributed by atoms with E-state index in [-0.39, 0.29) is 24.5 Å². The quantitative estimate of drug-likeness (QED) is 0.823. The van der Waals surface area contributed by atoms with E-state index in [0.717, 1.165) is 5.39 Å². The molecule has 0 unspecified atom stereocenters. The van der Waals surface area contributed by atoms with Gasteiger partial charge in [-0.05, 0) is 12.1 Å². The highest BCUT2D eigenvalue weighted by atomic mass is 19.3. The van der Waals surface area contributed by atoms with Crippen molar-refractivity contribution in [2.24, 2.45) is 0 Å². The minimum Gasteiger partial charge on any atom is -0.395 e. The van der Waals surface area contributed by atoms with Gasteiger partial charge in [-0.1, -0.05) is 18.2 Å². The molecule has 0 aliphatic rings. The first kappa shape index (κ1) is 14.3. The Kier molecular flexibility index (Phi) is 4.57. The van der Waals surface area contributed by atoms with Crippen molar-refractivity contribution in [3.05, 3.63) is 35.9 Å². The molecule has 0 amide bonds. The number of aromatic nitrogens is 1. The second-order valence-electron chi connectivity index (χ2n) is 4.27. The predicted octanol–water partition coefficient (Wildman–Crippen LogP) is 2.11. The maximum absolute atomic E-state index is 12.6. The van der Waals surface area contributed by atoms with Crippen LogP contribution in [-0.2, 0) is 0 Å². The monoisotopic (exact) mass is 280 g/mol. The number of aliphatic hydroxyl groups excluding tert-OH is 1. The van der Waals surface area contributed by atoms with Crippen LogP contribution >= 0.6 is 0 Å². The number of hydrogen-bond donors (Lipinski definition) is 1. The van der Waals surface area contributed by atoms with Crippen LogP contribution in [0.5, 0.6) is 0 Å². The van der Waals surface area contributed by atoms with Crippen molar-refractivity contribution in [2.75, 3.05) is 24.6 Å². The fraction of sp³-hybridized carbons (Fsp3) is 0.286.